The standard InChI is InChI=1S/C13H16INO4/c1-8-3-4-9(7-10(8)14)12(16)15-11(13(17)18)5-6-19-2/h3-4,7,11H,5-6H2,1-2H3,(H,15,16)(H,17,18). The number of halogens is 1. The van der Waals surface area contributed by atoms with Gasteiger partial charge in [0.25, 0.3) is 5.91 Å². The average molecular weight is 377 g/mol. The normalized spacial score (nSPS) is 11.9. The summed E-state index contributed by atoms with van der Waals surface area (Å²) in [6.07, 6.45) is 0.237. The molecule has 1 aromatic rings. The Hall–Kier alpha value is -1.15. The minimum atomic E-state index is -1.06. The van der Waals surface area contributed by atoms with Crippen molar-refractivity contribution in [3.63, 3.8) is 0 Å². The Morgan fingerprint density at radius 3 is 2.68 bits per heavy atom. The highest BCUT2D eigenvalue weighted by Crippen LogP contribution is 2.13. The summed E-state index contributed by atoms with van der Waals surface area (Å²) in [7, 11) is 1.49. The highest BCUT2D eigenvalue weighted by Gasteiger charge is 2.20. The largest absolute Gasteiger partial charge is 0.480 e. The molecule has 2 N–H and O–H groups in total. The van der Waals surface area contributed by atoms with E-state index < -0.39 is 12.0 Å². The second-order valence-corrected chi connectivity index (χ2v) is 5.27. The summed E-state index contributed by atoms with van der Waals surface area (Å²) in [5.41, 5.74) is 1.53. The van der Waals surface area contributed by atoms with Gasteiger partial charge in [-0.1, -0.05) is 6.07 Å². The number of aliphatic carboxylic acids is 1. The summed E-state index contributed by atoms with van der Waals surface area (Å²) in [5.74, 6) is -1.45. The number of benzene rings is 1. The third-order valence-corrected chi connectivity index (χ3v) is 3.81. The fourth-order valence-corrected chi connectivity index (χ4v) is 1.98. The van der Waals surface area contributed by atoms with Crippen LogP contribution in [0, 0.1) is 10.5 Å². The molecule has 1 aromatic carbocycles. The first-order valence-corrected chi connectivity index (χ1v) is 6.82. The summed E-state index contributed by atoms with van der Waals surface area (Å²) in [6.45, 7) is 2.23. The molecule has 6 heteroatoms. The van der Waals surface area contributed by atoms with Crippen LogP contribution in [0.4, 0.5) is 0 Å². The SMILES string of the molecule is COCCC(NC(=O)c1ccc(C)c(I)c1)C(=O)O. The van der Waals surface area contributed by atoms with Crippen molar-refractivity contribution in [3.8, 4) is 0 Å². The molecule has 0 saturated heterocycles. The molecule has 0 aliphatic heterocycles. The van der Waals surface area contributed by atoms with Crippen molar-refractivity contribution in [2.45, 2.75) is 19.4 Å². The van der Waals surface area contributed by atoms with Gasteiger partial charge in [-0.2, -0.15) is 0 Å². The Labute approximate surface area is 125 Å². The van der Waals surface area contributed by atoms with Crippen LogP contribution in [0.5, 0.6) is 0 Å². The maximum Gasteiger partial charge on any atom is 0.326 e. The number of amides is 1. The lowest BCUT2D eigenvalue weighted by Gasteiger charge is -2.14. The summed E-state index contributed by atoms with van der Waals surface area (Å²) in [5, 5.41) is 11.5. The van der Waals surface area contributed by atoms with Crippen molar-refractivity contribution in [2.75, 3.05) is 13.7 Å². The molecule has 0 aromatic heterocycles. The van der Waals surface area contributed by atoms with Crippen molar-refractivity contribution < 1.29 is 19.4 Å². The fourth-order valence-electron chi connectivity index (χ4n) is 1.47. The summed E-state index contributed by atoms with van der Waals surface area (Å²) < 4.78 is 5.80. The van der Waals surface area contributed by atoms with Gasteiger partial charge in [-0.3, -0.25) is 4.79 Å². The maximum atomic E-state index is 12.0. The third kappa shape index (κ3) is 4.79. The number of carboxylic acids is 1. The van der Waals surface area contributed by atoms with Crippen LogP contribution >= 0.6 is 22.6 Å². The Balaban J connectivity index is 2.75. The molecule has 0 saturated carbocycles. The molecule has 0 aliphatic rings. The molecule has 19 heavy (non-hydrogen) atoms. The molecular weight excluding hydrogens is 361 g/mol. The smallest absolute Gasteiger partial charge is 0.326 e. The van der Waals surface area contributed by atoms with E-state index in [4.69, 9.17) is 9.84 Å². The van der Waals surface area contributed by atoms with Gasteiger partial charge in [0, 0.05) is 29.3 Å². The zero-order valence-corrected chi connectivity index (χ0v) is 12.9. The van der Waals surface area contributed by atoms with Crippen LogP contribution in [0.1, 0.15) is 22.3 Å². The predicted octanol–water partition coefficient (Wildman–Crippen LogP) is 1.82. The minimum absolute atomic E-state index is 0.237. The zero-order chi connectivity index (χ0) is 14.4. The van der Waals surface area contributed by atoms with Crippen molar-refractivity contribution in [2.24, 2.45) is 0 Å². The number of aryl methyl sites for hydroxylation is 1. The number of methoxy groups -OCH3 is 1. The van der Waals surface area contributed by atoms with Gasteiger partial charge in [-0.25, -0.2) is 4.79 Å². The number of hydrogen-bond acceptors (Lipinski definition) is 3. The molecule has 0 fully saturated rings. The van der Waals surface area contributed by atoms with Crippen molar-refractivity contribution >= 4 is 34.5 Å². The van der Waals surface area contributed by atoms with E-state index in [1.165, 1.54) is 7.11 Å². The van der Waals surface area contributed by atoms with Gasteiger partial charge in [0.05, 0.1) is 0 Å². The van der Waals surface area contributed by atoms with Gasteiger partial charge in [0.1, 0.15) is 6.04 Å². The van der Waals surface area contributed by atoms with Gasteiger partial charge >= 0.3 is 5.97 Å². The number of rotatable bonds is 6. The molecule has 0 bridgehead atoms. The molecule has 1 atom stereocenters. The molecule has 0 radical (unpaired) electrons. The second-order valence-electron chi connectivity index (χ2n) is 4.11. The van der Waals surface area contributed by atoms with Crippen molar-refractivity contribution in [1.82, 2.24) is 5.32 Å². The first-order valence-electron chi connectivity index (χ1n) is 5.74. The van der Waals surface area contributed by atoms with Crippen LogP contribution in [0.15, 0.2) is 18.2 Å². The summed E-state index contributed by atoms with van der Waals surface area (Å²) >= 11 is 2.14. The first kappa shape index (κ1) is 15.9. The van der Waals surface area contributed by atoms with E-state index in [-0.39, 0.29) is 18.9 Å². The number of carbonyl (C=O) groups excluding carboxylic acids is 1. The number of ether oxygens (including phenoxy) is 1. The maximum absolute atomic E-state index is 12.0. The van der Waals surface area contributed by atoms with Crippen LogP contribution in [0.2, 0.25) is 0 Å². The van der Waals surface area contributed by atoms with Crippen LogP contribution in [-0.4, -0.2) is 36.7 Å². The van der Waals surface area contributed by atoms with E-state index in [2.05, 4.69) is 27.9 Å². The Morgan fingerprint density at radius 1 is 1.47 bits per heavy atom. The lowest BCUT2D eigenvalue weighted by atomic mass is 10.1. The zero-order valence-electron chi connectivity index (χ0n) is 10.8. The molecule has 0 aliphatic carbocycles. The van der Waals surface area contributed by atoms with Crippen LogP contribution in [-0.2, 0) is 9.53 Å². The molecule has 5 nitrogen and oxygen atoms in total. The highest BCUT2D eigenvalue weighted by molar-refractivity contribution is 14.1. The van der Waals surface area contributed by atoms with Gasteiger partial charge < -0.3 is 15.2 Å². The van der Waals surface area contributed by atoms with Gasteiger partial charge in [-0.15, -0.1) is 0 Å². The number of carboxylic acid groups (broad SMARTS) is 1. The molecular formula is C13H16INO4. The van der Waals surface area contributed by atoms with Crippen molar-refractivity contribution in [3.05, 3.63) is 32.9 Å². The van der Waals surface area contributed by atoms with E-state index in [9.17, 15) is 9.59 Å². The molecule has 0 spiro atoms. The molecule has 1 rings (SSSR count). The summed E-state index contributed by atoms with van der Waals surface area (Å²) in [6, 6.07) is 4.32. The van der Waals surface area contributed by atoms with E-state index in [0.717, 1.165) is 9.13 Å². The van der Waals surface area contributed by atoms with E-state index >= 15 is 0 Å². The lowest BCUT2D eigenvalue weighted by Crippen LogP contribution is -2.41. The lowest BCUT2D eigenvalue weighted by molar-refractivity contribution is -0.139. The van der Waals surface area contributed by atoms with E-state index in [1.54, 1.807) is 12.1 Å². The number of hydrogen-bond donors (Lipinski definition) is 2. The molecule has 104 valence electrons. The fraction of sp³-hybridized carbons (Fsp3) is 0.385. The average Bonchev–Trinajstić information content (AvgIpc) is 2.37. The third-order valence-electron chi connectivity index (χ3n) is 2.65. The van der Waals surface area contributed by atoms with Gasteiger partial charge in [0.15, 0.2) is 0 Å². The quantitative estimate of drug-likeness (QED) is 0.742. The molecule has 1 unspecified atom stereocenters. The van der Waals surface area contributed by atoms with Crippen LogP contribution < -0.4 is 5.32 Å². The number of nitrogens with one attached hydrogen (secondary N) is 1. The predicted molar refractivity (Wildman–Crippen MR) is 79.3 cm³/mol. The Morgan fingerprint density at radius 2 is 2.16 bits per heavy atom. The minimum Gasteiger partial charge on any atom is -0.480 e. The highest BCUT2D eigenvalue weighted by atomic mass is 127. The molecule has 0 heterocycles. The number of carbonyl (C=O) groups is 2. The van der Waals surface area contributed by atoms with Crippen LogP contribution in [0.3, 0.4) is 0 Å². The van der Waals surface area contributed by atoms with E-state index in [1.807, 2.05) is 13.0 Å². The topological polar surface area (TPSA) is 75.6 Å². The molecule has 1 amide bonds. The first-order chi connectivity index (χ1) is 8.95. The van der Waals surface area contributed by atoms with Crippen molar-refractivity contribution in [1.29, 1.82) is 0 Å². The van der Waals surface area contributed by atoms with Gasteiger partial charge in [0.2, 0.25) is 0 Å². The Bertz CT molecular complexity index is 476. The van der Waals surface area contributed by atoms with Crippen LogP contribution in [0.25, 0.3) is 0 Å². The Kier molecular flexibility index (Phi) is 6.23. The summed E-state index contributed by atoms with van der Waals surface area (Å²) in [4.78, 5) is 23.0. The second kappa shape index (κ2) is 7.44. The van der Waals surface area contributed by atoms with Gasteiger partial charge in [-0.05, 0) is 47.2 Å². The van der Waals surface area contributed by atoms with E-state index in [0.29, 0.717) is 5.56 Å². The monoisotopic (exact) mass is 377 g/mol.